The van der Waals surface area contributed by atoms with Crippen molar-refractivity contribution in [1.29, 1.82) is 5.41 Å². The zero-order valence-electron chi connectivity index (χ0n) is 7.91. The summed E-state index contributed by atoms with van der Waals surface area (Å²) in [5.74, 6) is 0. The molecule has 0 amide bonds. The van der Waals surface area contributed by atoms with Gasteiger partial charge in [0.15, 0.2) is 0 Å². The van der Waals surface area contributed by atoms with Gasteiger partial charge in [-0.25, -0.2) is 18.7 Å². The molecule has 0 aliphatic carbocycles. The highest BCUT2D eigenvalue weighted by atomic mass is 16.4. The summed E-state index contributed by atoms with van der Waals surface area (Å²) in [6.07, 6.45) is -2.78. The summed E-state index contributed by atoms with van der Waals surface area (Å²) in [6.45, 7) is 0. The van der Waals surface area contributed by atoms with Crippen LogP contribution in [0, 0.1) is 5.41 Å². The van der Waals surface area contributed by atoms with Gasteiger partial charge in [0.2, 0.25) is 5.62 Å². The zero-order valence-corrected chi connectivity index (χ0v) is 7.91. The molecule has 0 unspecified atom stereocenters. The second-order valence-electron chi connectivity index (χ2n) is 3.05. The van der Waals surface area contributed by atoms with Gasteiger partial charge in [-0.15, -0.1) is 0 Å². The van der Waals surface area contributed by atoms with Gasteiger partial charge in [-0.05, 0) is 12.1 Å². The first kappa shape index (κ1) is 9.97. The Hall–Kier alpha value is -2.57. The third-order valence-electron chi connectivity index (χ3n) is 2.17. The van der Waals surface area contributed by atoms with Crippen molar-refractivity contribution in [2.24, 2.45) is 0 Å². The van der Waals surface area contributed by atoms with Gasteiger partial charge >= 0.3 is 12.2 Å². The number of fused-ring (bicyclic) bond motifs is 1. The first-order valence-electron chi connectivity index (χ1n) is 4.27. The van der Waals surface area contributed by atoms with Crippen molar-refractivity contribution in [2.45, 2.75) is 0 Å². The van der Waals surface area contributed by atoms with Gasteiger partial charge in [0.1, 0.15) is 0 Å². The minimum Gasteiger partial charge on any atom is -0.464 e. The number of aromatic nitrogens is 2. The number of hydrogen-bond donors (Lipinski definition) is 3. The SMILES string of the molecule is N=c1n(C(=O)O)c2ccccc2n1C(=O)O. The number of carbonyl (C=O) groups is 2. The lowest BCUT2D eigenvalue weighted by molar-refractivity contribution is 0.192. The minimum atomic E-state index is -1.39. The summed E-state index contributed by atoms with van der Waals surface area (Å²) < 4.78 is 1.23. The second kappa shape index (κ2) is 3.23. The van der Waals surface area contributed by atoms with E-state index in [0.717, 1.165) is 0 Å². The van der Waals surface area contributed by atoms with Crippen LogP contribution in [0.2, 0.25) is 0 Å². The van der Waals surface area contributed by atoms with Crippen LogP contribution in [-0.2, 0) is 0 Å². The van der Waals surface area contributed by atoms with E-state index in [1.165, 1.54) is 12.1 Å². The predicted molar refractivity (Wildman–Crippen MR) is 52.6 cm³/mol. The molecule has 82 valence electrons. The van der Waals surface area contributed by atoms with Crippen molar-refractivity contribution in [3.05, 3.63) is 29.9 Å². The Kier molecular flexibility index (Phi) is 2.01. The van der Waals surface area contributed by atoms with Gasteiger partial charge in [0.25, 0.3) is 0 Å². The molecule has 7 heteroatoms. The molecule has 3 N–H and O–H groups in total. The van der Waals surface area contributed by atoms with E-state index in [1.807, 2.05) is 0 Å². The van der Waals surface area contributed by atoms with Crippen LogP contribution >= 0.6 is 0 Å². The Balaban J connectivity index is 3.03. The fourth-order valence-electron chi connectivity index (χ4n) is 1.56. The smallest absolute Gasteiger partial charge is 0.418 e. The van der Waals surface area contributed by atoms with Crippen LogP contribution in [0.1, 0.15) is 0 Å². The molecule has 1 aromatic carbocycles. The summed E-state index contributed by atoms with van der Waals surface area (Å²) in [7, 11) is 0. The Morgan fingerprint density at radius 2 is 1.38 bits per heavy atom. The van der Waals surface area contributed by atoms with Gasteiger partial charge < -0.3 is 10.2 Å². The molecule has 0 atom stereocenters. The maximum absolute atomic E-state index is 10.9. The molecular formula is C9H7N3O4. The summed E-state index contributed by atoms with van der Waals surface area (Å²) in [4.78, 5) is 21.8. The van der Waals surface area contributed by atoms with E-state index in [-0.39, 0.29) is 11.0 Å². The van der Waals surface area contributed by atoms with E-state index in [2.05, 4.69) is 0 Å². The van der Waals surface area contributed by atoms with E-state index in [9.17, 15) is 9.59 Å². The molecule has 7 nitrogen and oxygen atoms in total. The predicted octanol–water partition coefficient (Wildman–Crippen LogP) is 0.974. The van der Waals surface area contributed by atoms with Crippen LogP contribution in [0.5, 0.6) is 0 Å². The van der Waals surface area contributed by atoms with Crippen LogP contribution in [0.25, 0.3) is 11.0 Å². The Morgan fingerprint density at radius 1 is 1.00 bits per heavy atom. The van der Waals surface area contributed by atoms with Crippen molar-refractivity contribution in [1.82, 2.24) is 9.13 Å². The van der Waals surface area contributed by atoms with Gasteiger partial charge in [-0.1, -0.05) is 12.1 Å². The molecule has 1 heterocycles. The van der Waals surface area contributed by atoms with E-state index >= 15 is 0 Å². The van der Waals surface area contributed by atoms with E-state index < -0.39 is 17.8 Å². The van der Waals surface area contributed by atoms with Crippen LogP contribution < -0.4 is 5.62 Å². The van der Waals surface area contributed by atoms with Crippen molar-refractivity contribution in [2.75, 3.05) is 0 Å². The quantitative estimate of drug-likeness (QED) is 0.615. The van der Waals surface area contributed by atoms with Gasteiger partial charge in [-0.2, -0.15) is 0 Å². The molecule has 0 aliphatic heterocycles. The van der Waals surface area contributed by atoms with Gasteiger partial charge in [0.05, 0.1) is 11.0 Å². The average molecular weight is 221 g/mol. The average Bonchev–Trinajstić information content (AvgIpc) is 2.49. The summed E-state index contributed by atoms with van der Waals surface area (Å²) in [6, 6.07) is 6.04. The monoisotopic (exact) mass is 221 g/mol. The largest absolute Gasteiger partial charge is 0.464 e. The fourth-order valence-corrected chi connectivity index (χ4v) is 1.56. The maximum Gasteiger partial charge on any atom is 0.418 e. The molecule has 0 radical (unpaired) electrons. The zero-order chi connectivity index (χ0) is 11.9. The van der Waals surface area contributed by atoms with E-state index in [0.29, 0.717) is 9.13 Å². The molecule has 2 rings (SSSR count). The van der Waals surface area contributed by atoms with E-state index in [4.69, 9.17) is 15.6 Å². The lowest BCUT2D eigenvalue weighted by Crippen LogP contribution is -2.31. The topological polar surface area (TPSA) is 108 Å². The Morgan fingerprint density at radius 3 is 1.69 bits per heavy atom. The molecule has 0 aliphatic rings. The van der Waals surface area contributed by atoms with Crippen LogP contribution in [0.3, 0.4) is 0 Å². The van der Waals surface area contributed by atoms with Crippen molar-refractivity contribution >= 4 is 23.2 Å². The van der Waals surface area contributed by atoms with Crippen molar-refractivity contribution < 1.29 is 19.8 Å². The fraction of sp³-hybridized carbons (Fsp3) is 0. The Labute approximate surface area is 88.3 Å². The standard InChI is InChI=1S/C9H7N3O4/c10-7-11(8(13)14)5-3-1-2-4-6(5)12(7)9(15)16/h1-4,10H,(H,13,14)(H,15,16). The highest BCUT2D eigenvalue weighted by Crippen LogP contribution is 2.11. The molecule has 0 fully saturated rings. The lowest BCUT2D eigenvalue weighted by atomic mass is 10.3. The molecule has 0 bridgehead atoms. The number of benzene rings is 1. The summed E-state index contributed by atoms with van der Waals surface area (Å²) in [5, 5.41) is 25.3. The first-order valence-corrected chi connectivity index (χ1v) is 4.27. The lowest BCUT2D eigenvalue weighted by Gasteiger charge is -1.93. The molecular weight excluding hydrogens is 214 g/mol. The summed E-state index contributed by atoms with van der Waals surface area (Å²) >= 11 is 0. The molecule has 0 saturated heterocycles. The third-order valence-corrected chi connectivity index (χ3v) is 2.17. The number of imidazole rings is 1. The van der Waals surface area contributed by atoms with Gasteiger partial charge in [-0.3, -0.25) is 5.41 Å². The van der Waals surface area contributed by atoms with Crippen LogP contribution in [-0.4, -0.2) is 31.5 Å². The number of nitrogens with one attached hydrogen (secondary N) is 1. The maximum atomic E-state index is 10.9. The minimum absolute atomic E-state index is 0.169. The number of para-hydroxylation sites is 2. The van der Waals surface area contributed by atoms with Crippen LogP contribution in [0.15, 0.2) is 24.3 Å². The van der Waals surface area contributed by atoms with Gasteiger partial charge in [0, 0.05) is 0 Å². The van der Waals surface area contributed by atoms with E-state index in [1.54, 1.807) is 12.1 Å². The summed E-state index contributed by atoms with van der Waals surface area (Å²) in [5.41, 5.74) is -0.272. The Bertz CT molecular complexity index is 598. The molecule has 0 saturated carbocycles. The third kappa shape index (κ3) is 1.18. The highest BCUT2D eigenvalue weighted by molar-refractivity contribution is 5.91. The molecule has 2 aromatic rings. The van der Waals surface area contributed by atoms with Crippen molar-refractivity contribution in [3.8, 4) is 0 Å². The van der Waals surface area contributed by atoms with Crippen molar-refractivity contribution in [3.63, 3.8) is 0 Å². The highest BCUT2D eigenvalue weighted by Gasteiger charge is 2.18. The number of rotatable bonds is 0. The number of hydrogen-bond acceptors (Lipinski definition) is 3. The molecule has 1 aromatic heterocycles. The first-order chi connectivity index (χ1) is 7.54. The molecule has 16 heavy (non-hydrogen) atoms. The normalized spacial score (nSPS) is 10.5. The second-order valence-corrected chi connectivity index (χ2v) is 3.05. The molecule has 0 spiro atoms. The number of nitrogens with zero attached hydrogens (tertiary/aromatic N) is 2. The van der Waals surface area contributed by atoms with Crippen LogP contribution in [0.4, 0.5) is 9.59 Å². The number of carboxylic acid groups (broad SMARTS) is 2.